The highest BCUT2D eigenvalue weighted by Crippen LogP contribution is 2.23. The van der Waals surface area contributed by atoms with Crippen molar-refractivity contribution in [3.8, 4) is 0 Å². The molecule has 1 aromatic heterocycles. The smallest absolute Gasteiger partial charge is 0.153 e. The first-order chi connectivity index (χ1) is 7.31. The third kappa shape index (κ3) is 2.31. The van der Waals surface area contributed by atoms with Crippen molar-refractivity contribution >= 4 is 23.9 Å². The van der Waals surface area contributed by atoms with E-state index in [9.17, 15) is 4.79 Å². The molecule has 0 N–H and O–H groups in total. The molecule has 1 saturated heterocycles. The normalized spacial score (nSPS) is 21.4. The number of hydrogen-bond acceptors (Lipinski definition) is 4. The maximum atomic E-state index is 10.9. The van der Waals surface area contributed by atoms with Crippen LogP contribution in [0, 0.1) is 0 Å². The monoisotopic (exact) mass is 222 g/mol. The Hall–Kier alpha value is -1.03. The van der Waals surface area contributed by atoms with Gasteiger partial charge < -0.3 is 4.90 Å². The van der Waals surface area contributed by atoms with Gasteiger partial charge in [0, 0.05) is 30.3 Å². The van der Waals surface area contributed by atoms with Crippen LogP contribution >= 0.6 is 11.8 Å². The Bertz CT molecular complexity index is 356. The molecule has 0 bridgehead atoms. The number of anilines is 1. The third-order valence-electron chi connectivity index (χ3n) is 2.48. The quantitative estimate of drug-likeness (QED) is 0.715. The molecular formula is C11H14N2OS. The van der Waals surface area contributed by atoms with Gasteiger partial charge in [-0.15, -0.1) is 0 Å². The molecule has 1 aliphatic heterocycles. The van der Waals surface area contributed by atoms with Crippen molar-refractivity contribution < 1.29 is 4.79 Å². The summed E-state index contributed by atoms with van der Waals surface area (Å²) in [6, 6.07) is 3.62. The number of rotatable bonds is 2. The summed E-state index contributed by atoms with van der Waals surface area (Å²) in [5.41, 5.74) is 0.691. The molecule has 0 amide bonds. The van der Waals surface area contributed by atoms with Crippen LogP contribution < -0.4 is 4.90 Å². The number of carbonyl (C=O) groups excluding carboxylic acids is 1. The lowest BCUT2D eigenvalue weighted by molar-refractivity contribution is 0.112. The van der Waals surface area contributed by atoms with Gasteiger partial charge >= 0.3 is 0 Å². The summed E-state index contributed by atoms with van der Waals surface area (Å²) in [6.07, 6.45) is 2.63. The fourth-order valence-electron chi connectivity index (χ4n) is 1.78. The lowest BCUT2D eigenvalue weighted by Gasteiger charge is -2.32. The van der Waals surface area contributed by atoms with Crippen LogP contribution in [0.4, 0.5) is 5.82 Å². The predicted octanol–water partition coefficient (Wildman–Crippen LogP) is 1.84. The first-order valence-corrected chi connectivity index (χ1v) is 6.13. The Labute approximate surface area is 93.9 Å². The van der Waals surface area contributed by atoms with Crippen LogP contribution in [0.1, 0.15) is 17.3 Å². The number of aldehydes is 1. The number of aromatic nitrogens is 1. The predicted molar refractivity (Wildman–Crippen MR) is 63.8 cm³/mol. The van der Waals surface area contributed by atoms with Crippen molar-refractivity contribution in [2.75, 3.05) is 23.7 Å². The average molecular weight is 222 g/mol. The second-order valence-electron chi connectivity index (χ2n) is 3.66. The highest BCUT2D eigenvalue weighted by atomic mass is 32.2. The summed E-state index contributed by atoms with van der Waals surface area (Å²) in [7, 11) is 0. The summed E-state index contributed by atoms with van der Waals surface area (Å²) in [5, 5.41) is 0.611. The molecule has 1 aromatic rings. The van der Waals surface area contributed by atoms with Crippen molar-refractivity contribution in [2.24, 2.45) is 0 Å². The van der Waals surface area contributed by atoms with Gasteiger partial charge in [0.2, 0.25) is 0 Å². The molecule has 2 heterocycles. The van der Waals surface area contributed by atoms with E-state index in [1.165, 1.54) is 0 Å². The molecule has 0 aliphatic carbocycles. The van der Waals surface area contributed by atoms with Gasteiger partial charge in [0.15, 0.2) is 6.29 Å². The fraction of sp³-hybridized carbons (Fsp3) is 0.455. The van der Waals surface area contributed by atoms with Gasteiger partial charge in [-0.3, -0.25) is 4.79 Å². The van der Waals surface area contributed by atoms with Crippen molar-refractivity contribution in [1.29, 1.82) is 0 Å². The second kappa shape index (κ2) is 4.66. The van der Waals surface area contributed by atoms with E-state index in [4.69, 9.17) is 0 Å². The van der Waals surface area contributed by atoms with Crippen LogP contribution in [0.3, 0.4) is 0 Å². The fourth-order valence-corrected chi connectivity index (χ4v) is 2.79. The van der Waals surface area contributed by atoms with Gasteiger partial charge in [0.25, 0.3) is 0 Å². The van der Waals surface area contributed by atoms with E-state index in [0.717, 1.165) is 30.9 Å². The lowest BCUT2D eigenvalue weighted by Crippen LogP contribution is -2.37. The molecular weight excluding hydrogens is 208 g/mol. The largest absolute Gasteiger partial charge is 0.354 e. The summed E-state index contributed by atoms with van der Waals surface area (Å²) in [4.78, 5) is 17.4. The molecule has 0 spiro atoms. The van der Waals surface area contributed by atoms with Gasteiger partial charge in [-0.05, 0) is 12.1 Å². The van der Waals surface area contributed by atoms with Gasteiger partial charge in [-0.25, -0.2) is 4.98 Å². The molecule has 1 fully saturated rings. The Balaban J connectivity index is 2.24. The zero-order valence-electron chi connectivity index (χ0n) is 8.72. The van der Waals surface area contributed by atoms with Gasteiger partial charge in [0.05, 0.1) is 5.56 Å². The summed E-state index contributed by atoms with van der Waals surface area (Å²) in [6.45, 7) is 4.16. The first kappa shape index (κ1) is 10.5. The van der Waals surface area contributed by atoms with Crippen molar-refractivity contribution in [1.82, 2.24) is 4.98 Å². The van der Waals surface area contributed by atoms with Gasteiger partial charge in [0.1, 0.15) is 5.82 Å². The second-order valence-corrected chi connectivity index (χ2v) is 5.21. The van der Waals surface area contributed by atoms with Crippen molar-refractivity contribution in [3.05, 3.63) is 23.9 Å². The van der Waals surface area contributed by atoms with E-state index in [2.05, 4.69) is 16.8 Å². The molecule has 2 rings (SSSR count). The highest BCUT2D eigenvalue weighted by molar-refractivity contribution is 8.00. The molecule has 0 aromatic carbocycles. The van der Waals surface area contributed by atoms with Crippen LogP contribution in [-0.4, -0.2) is 35.4 Å². The minimum absolute atomic E-state index is 0.611. The van der Waals surface area contributed by atoms with Gasteiger partial charge in [-0.2, -0.15) is 11.8 Å². The first-order valence-electron chi connectivity index (χ1n) is 5.08. The molecule has 80 valence electrons. The van der Waals surface area contributed by atoms with E-state index in [1.54, 1.807) is 12.3 Å². The number of nitrogens with zero attached hydrogens (tertiary/aromatic N) is 2. The Morgan fingerprint density at radius 1 is 1.67 bits per heavy atom. The average Bonchev–Trinajstić information content (AvgIpc) is 2.29. The Kier molecular flexibility index (Phi) is 3.26. The third-order valence-corrected chi connectivity index (χ3v) is 3.62. The van der Waals surface area contributed by atoms with Gasteiger partial charge in [-0.1, -0.05) is 6.92 Å². The van der Waals surface area contributed by atoms with E-state index in [-0.39, 0.29) is 0 Å². The molecule has 1 unspecified atom stereocenters. The topological polar surface area (TPSA) is 33.2 Å². The van der Waals surface area contributed by atoms with Crippen molar-refractivity contribution in [2.45, 2.75) is 12.2 Å². The minimum Gasteiger partial charge on any atom is -0.354 e. The summed E-state index contributed by atoms with van der Waals surface area (Å²) in [5.74, 6) is 1.94. The van der Waals surface area contributed by atoms with Crippen LogP contribution in [0.25, 0.3) is 0 Å². The van der Waals surface area contributed by atoms with Crippen LogP contribution in [0.15, 0.2) is 18.3 Å². The van der Waals surface area contributed by atoms with Crippen molar-refractivity contribution in [3.63, 3.8) is 0 Å². The van der Waals surface area contributed by atoms with E-state index in [0.29, 0.717) is 10.8 Å². The molecule has 3 nitrogen and oxygen atoms in total. The Morgan fingerprint density at radius 2 is 2.53 bits per heavy atom. The minimum atomic E-state index is 0.611. The van der Waals surface area contributed by atoms with E-state index < -0.39 is 0 Å². The van der Waals surface area contributed by atoms with E-state index >= 15 is 0 Å². The molecule has 0 saturated carbocycles. The highest BCUT2D eigenvalue weighted by Gasteiger charge is 2.19. The molecule has 15 heavy (non-hydrogen) atoms. The number of hydrogen-bond donors (Lipinski definition) is 0. The standard InChI is InChI=1S/C11H14N2OS/c1-9-7-13(5-6-15-9)11-10(8-14)3-2-4-12-11/h2-4,8-9H,5-7H2,1H3. The van der Waals surface area contributed by atoms with Crippen LogP contribution in [-0.2, 0) is 0 Å². The van der Waals surface area contributed by atoms with Crippen LogP contribution in [0.2, 0.25) is 0 Å². The molecule has 0 radical (unpaired) electrons. The molecule has 1 atom stereocenters. The van der Waals surface area contributed by atoms with Crippen LogP contribution in [0.5, 0.6) is 0 Å². The number of carbonyl (C=O) groups is 1. The summed E-state index contributed by atoms with van der Waals surface area (Å²) < 4.78 is 0. The zero-order valence-corrected chi connectivity index (χ0v) is 9.54. The maximum absolute atomic E-state index is 10.9. The number of thioether (sulfide) groups is 1. The maximum Gasteiger partial charge on any atom is 0.153 e. The zero-order chi connectivity index (χ0) is 10.7. The van der Waals surface area contributed by atoms with E-state index in [1.807, 2.05) is 17.8 Å². The Morgan fingerprint density at radius 3 is 3.27 bits per heavy atom. The number of pyridine rings is 1. The molecule has 1 aliphatic rings. The molecule has 4 heteroatoms. The SMILES string of the molecule is CC1CN(c2ncccc2C=O)CCS1. The summed E-state index contributed by atoms with van der Waals surface area (Å²) >= 11 is 1.97. The lowest BCUT2D eigenvalue weighted by atomic mass is 10.2.